The van der Waals surface area contributed by atoms with Crippen LogP contribution in [-0.4, -0.2) is 40.6 Å². The Balaban J connectivity index is 2.03. The van der Waals surface area contributed by atoms with E-state index < -0.39 is 0 Å². The maximum atomic E-state index is 9.06. The zero-order valence-corrected chi connectivity index (χ0v) is 13.8. The molecule has 0 saturated carbocycles. The summed E-state index contributed by atoms with van der Waals surface area (Å²) in [6, 6.07) is 4.05. The van der Waals surface area contributed by atoms with Gasteiger partial charge in [-0.2, -0.15) is 5.10 Å². The molecule has 0 radical (unpaired) electrons. The summed E-state index contributed by atoms with van der Waals surface area (Å²) >= 11 is 0. The number of pyridine rings is 1. The number of hydrogen-bond donors (Lipinski definition) is 2. The number of aliphatic hydroxyl groups is 1. The van der Waals surface area contributed by atoms with Crippen molar-refractivity contribution in [3.8, 4) is 0 Å². The maximum absolute atomic E-state index is 9.06. The van der Waals surface area contributed by atoms with E-state index in [1.165, 1.54) is 11.1 Å². The number of rotatable bonds is 7. The minimum Gasteiger partial charge on any atom is -0.394 e. The van der Waals surface area contributed by atoms with Crippen LogP contribution < -0.4 is 10.2 Å². The van der Waals surface area contributed by atoms with Gasteiger partial charge in [0.1, 0.15) is 5.82 Å². The molecule has 2 rings (SSSR count). The largest absolute Gasteiger partial charge is 0.394 e. The zero-order valence-electron chi connectivity index (χ0n) is 13.8. The molecule has 0 amide bonds. The van der Waals surface area contributed by atoms with Gasteiger partial charge >= 0.3 is 0 Å². The molecule has 0 aliphatic heterocycles. The average molecular weight is 303 g/mol. The first-order valence-corrected chi connectivity index (χ1v) is 7.50. The molecule has 6 nitrogen and oxygen atoms in total. The third-order valence-corrected chi connectivity index (χ3v) is 3.75. The lowest BCUT2D eigenvalue weighted by molar-refractivity contribution is 0.267. The summed E-state index contributed by atoms with van der Waals surface area (Å²) in [5.74, 6) is 0.986. The summed E-state index contributed by atoms with van der Waals surface area (Å²) in [5, 5.41) is 17.0. The SMILES string of the molecule is Cc1nn(CCO)c(C)c1CNCc1cccnc1N(C)C. The molecule has 2 aromatic heterocycles. The van der Waals surface area contributed by atoms with Gasteiger partial charge in [0.15, 0.2) is 0 Å². The van der Waals surface area contributed by atoms with E-state index in [1.54, 1.807) is 0 Å². The molecule has 2 aromatic rings. The number of anilines is 1. The Labute approximate surface area is 131 Å². The van der Waals surface area contributed by atoms with Crippen LogP contribution in [0.25, 0.3) is 0 Å². The Hall–Kier alpha value is -1.92. The van der Waals surface area contributed by atoms with Crippen molar-refractivity contribution in [1.82, 2.24) is 20.1 Å². The van der Waals surface area contributed by atoms with Crippen molar-refractivity contribution in [1.29, 1.82) is 0 Å². The van der Waals surface area contributed by atoms with Crippen LogP contribution in [0.1, 0.15) is 22.5 Å². The second kappa shape index (κ2) is 7.38. The van der Waals surface area contributed by atoms with E-state index >= 15 is 0 Å². The summed E-state index contributed by atoms with van der Waals surface area (Å²) in [6.07, 6.45) is 1.81. The Kier molecular flexibility index (Phi) is 5.51. The van der Waals surface area contributed by atoms with Crippen LogP contribution in [0.15, 0.2) is 18.3 Å². The van der Waals surface area contributed by atoms with Gasteiger partial charge in [0.05, 0.1) is 18.8 Å². The van der Waals surface area contributed by atoms with Crippen molar-refractivity contribution in [2.75, 3.05) is 25.6 Å². The number of aryl methyl sites for hydroxylation is 1. The summed E-state index contributed by atoms with van der Waals surface area (Å²) in [5.41, 5.74) is 4.49. The van der Waals surface area contributed by atoms with Crippen LogP contribution in [0, 0.1) is 13.8 Å². The Bertz CT molecular complexity index is 621. The number of nitrogens with one attached hydrogen (secondary N) is 1. The summed E-state index contributed by atoms with van der Waals surface area (Å²) in [6.45, 7) is 6.21. The minimum absolute atomic E-state index is 0.108. The quantitative estimate of drug-likeness (QED) is 0.806. The Morgan fingerprint density at radius 3 is 2.73 bits per heavy atom. The Morgan fingerprint density at radius 1 is 1.27 bits per heavy atom. The molecular formula is C16H25N5O. The Morgan fingerprint density at radius 2 is 2.05 bits per heavy atom. The predicted octanol–water partition coefficient (Wildman–Crippen LogP) is 1.24. The molecule has 2 N–H and O–H groups in total. The topological polar surface area (TPSA) is 66.2 Å². The lowest BCUT2D eigenvalue weighted by atomic mass is 10.2. The third-order valence-electron chi connectivity index (χ3n) is 3.75. The molecule has 0 unspecified atom stereocenters. The average Bonchev–Trinajstić information content (AvgIpc) is 2.75. The van der Waals surface area contributed by atoms with Crippen molar-refractivity contribution < 1.29 is 5.11 Å². The van der Waals surface area contributed by atoms with Crippen molar-refractivity contribution in [3.63, 3.8) is 0 Å². The van der Waals surface area contributed by atoms with Crippen LogP contribution in [0.2, 0.25) is 0 Å². The van der Waals surface area contributed by atoms with Crippen LogP contribution in [0.3, 0.4) is 0 Å². The highest BCUT2D eigenvalue weighted by Crippen LogP contribution is 2.16. The molecule has 0 atom stereocenters. The molecule has 0 spiro atoms. The van der Waals surface area contributed by atoms with Gasteiger partial charge in [-0.3, -0.25) is 4.68 Å². The van der Waals surface area contributed by atoms with Gasteiger partial charge in [0.2, 0.25) is 0 Å². The monoisotopic (exact) mass is 303 g/mol. The normalized spacial score (nSPS) is 11.0. The smallest absolute Gasteiger partial charge is 0.132 e. The maximum Gasteiger partial charge on any atom is 0.132 e. The van der Waals surface area contributed by atoms with Gasteiger partial charge in [-0.05, 0) is 19.9 Å². The van der Waals surface area contributed by atoms with Crippen molar-refractivity contribution in [3.05, 3.63) is 40.8 Å². The van der Waals surface area contributed by atoms with Gasteiger partial charge in [-0.15, -0.1) is 0 Å². The van der Waals surface area contributed by atoms with Gasteiger partial charge < -0.3 is 15.3 Å². The highest BCUT2D eigenvalue weighted by atomic mass is 16.3. The van der Waals surface area contributed by atoms with Gasteiger partial charge in [-0.25, -0.2) is 4.98 Å². The fraction of sp³-hybridized carbons (Fsp3) is 0.500. The zero-order chi connectivity index (χ0) is 16.1. The van der Waals surface area contributed by atoms with E-state index in [0.29, 0.717) is 6.54 Å². The summed E-state index contributed by atoms with van der Waals surface area (Å²) in [4.78, 5) is 6.43. The molecule has 0 aliphatic carbocycles. The first-order valence-electron chi connectivity index (χ1n) is 7.50. The molecular weight excluding hydrogens is 278 g/mol. The molecule has 0 bridgehead atoms. The van der Waals surface area contributed by atoms with Gasteiger partial charge in [0.25, 0.3) is 0 Å². The lowest BCUT2D eigenvalue weighted by Gasteiger charge is -2.16. The van der Waals surface area contributed by atoms with E-state index in [2.05, 4.69) is 21.5 Å². The van der Waals surface area contributed by atoms with E-state index in [4.69, 9.17) is 5.11 Å². The number of aromatic nitrogens is 3. The van der Waals surface area contributed by atoms with Crippen LogP contribution in [0.4, 0.5) is 5.82 Å². The van der Waals surface area contributed by atoms with E-state index in [1.807, 2.05) is 49.8 Å². The van der Waals surface area contributed by atoms with E-state index in [0.717, 1.165) is 30.3 Å². The van der Waals surface area contributed by atoms with E-state index in [9.17, 15) is 0 Å². The fourth-order valence-electron chi connectivity index (χ4n) is 2.60. The lowest BCUT2D eigenvalue weighted by Crippen LogP contribution is -2.19. The number of aliphatic hydroxyl groups excluding tert-OH is 1. The molecule has 0 fully saturated rings. The van der Waals surface area contributed by atoms with Crippen molar-refractivity contribution in [2.45, 2.75) is 33.5 Å². The standard InChI is InChI=1S/C16H25N5O/c1-12-15(13(2)21(19-12)8-9-22)11-17-10-14-6-5-7-18-16(14)20(3)4/h5-7,17,22H,8-11H2,1-4H3. The fourth-order valence-corrected chi connectivity index (χ4v) is 2.60. The van der Waals surface area contributed by atoms with Crippen molar-refractivity contribution in [2.24, 2.45) is 0 Å². The summed E-state index contributed by atoms with van der Waals surface area (Å²) < 4.78 is 1.86. The third kappa shape index (κ3) is 3.64. The van der Waals surface area contributed by atoms with Crippen molar-refractivity contribution >= 4 is 5.82 Å². The molecule has 6 heteroatoms. The molecule has 0 aliphatic rings. The molecule has 22 heavy (non-hydrogen) atoms. The van der Waals surface area contributed by atoms with Gasteiger partial charge in [0, 0.05) is 50.2 Å². The highest BCUT2D eigenvalue weighted by molar-refractivity contribution is 5.45. The first-order chi connectivity index (χ1) is 10.5. The predicted molar refractivity (Wildman–Crippen MR) is 87.9 cm³/mol. The second-order valence-electron chi connectivity index (χ2n) is 5.58. The minimum atomic E-state index is 0.108. The molecule has 0 saturated heterocycles. The molecule has 120 valence electrons. The second-order valence-corrected chi connectivity index (χ2v) is 5.58. The van der Waals surface area contributed by atoms with Crippen LogP contribution in [0.5, 0.6) is 0 Å². The van der Waals surface area contributed by atoms with Gasteiger partial charge in [-0.1, -0.05) is 6.07 Å². The van der Waals surface area contributed by atoms with E-state index in [-0.39, 0.29) is 6.61 Å². The number of hydrogen-bond acceptors (Lipinski definition) is 5. The van der Waals surface area contributed by atoms with Crippen LogP contribution >= 0.6 is 0 Å². The summed E-state index contributed by atoms with van der Waals surface area (Å²) in [7, 11) is 4.00. The van der Waals surface area contributed by atoms with Crippen LogP contribution in [-0.2, 0) is 19.6 Å². The number of nitrogens with zero attached hydrogens (tertiary/aromatic N) is 4. The molecule has 2 heterocycles. The highest BCUT2D eigenvalue weighted by Gasteiger charge is 2.11. The molecule has 0 aromatic carbocycles. The first kappa shape index (κ1) is 16.5.